The molecule has 1 aromatic heterocycles. The Morgan fingerprint density at radius 1 is 1.13 bits per heavy atom. The van der Waals surface area contributed by atoms with Gasteiger partial charge in [-0.05, 0) is 65.4 Å². The molecule has 4 rings (SSSR count). The van der Waals surface area contributed by atoms with Gasteiger partial charge in [-0.15, -0.1) is 11.3 Å². The van der Waals surface area contributed by atoms with Gasteiger partial charge in [-0.3, -0.25) is 4.79 Å². The molecule has 2 aromatic carbocycles. The molecule has 0 bridgehead atoms. The van der Waals surface area contributed by atoms with Crippen LogP contribution < -0.4 is 10.1 Å². The van der Waals surface area contributed by atoms with E-state index >= 15 is 0 Å². The third kappa shape index (κ3) is 4.67. The molecular formula is C21H19ClN2O4S2. The van der Waals surface area contributed by atoms with Crippen molar-refractivity contribution in [2.75, 3.05) is 18.5 Å². The second-order valence-corrected chi connectivity index (χ2v) is 10.3. The summed E-state index contributed by atoms with van der Waals surface area (Å²) in [5.41, 5.74) is 2.58. The van der Waals surface area contributed by atoms with E-state index in [1.807, 2.05) is 18.2 Å². The number of thiophene rings is 1. The fourth-order valence-electron chi connectivity index (χ4n) is 3.23. The maximum atomic E-state index is 12.8. The second kappa shape index (κ2) is 8.77. The van der Waals surface area contributed by atoms with Crippen LogP contribution in [0.4, 0.5) is 5.69 Å². The number of carbonyl (C=O) groups is 1. The summed E-state index contributed by atoms with van der Waals surface area (Å²) in [6.07, 6.45) is 0.633. The molecule has 1 aliphatic heterocycles. The van der Waals surface area contributed by atoms with Gasteiger partial charge < -0.3 is 10.1 Å². The lowest BCUT2D eigenvalue weighted by molar-refractivity contribution is -0.118. The van der Waals surface area contributed by atoms with Gasteiger partial charge in [0.2, 0.25) is 0 Å². The van der Waals surface area contributed by atoms with Crippen molar-refractivity contribution in [3.8, 4) is 5.75 Å². The number of ether oxygens (including phenoxy) is 1. The quantitative estimate of drug-likeness (QED) is 0.596. The zero-order valence-corrected chi connectivity index (χ0v) is 18.3. The molecule has 0 saturated heterocycles. The van der Waals surface area contributed by atoms with E-state index in [2.05, 4.69) is 5.32 Å². The lowest BCUT2D eigenvalue weighted by atomic mass is 10.0. The normalized spacial score (nSPS) is 14.2. The SMILES string of the molecule is O=C(COc1ccc(Cl)cc1)Nc1ccc2c(c1)CN(S(=O)(=O)c1cccs1)CC2. The fraction of sp³-hybridized carbons (Fsp3) is 0.190. The van der Waals surface area contributed by atoms with Crippen molar-refractivity contribution in [3.63, 3.8) is 0 Å². The van der Waals surface area contributed by atoms with Crippen LogP contribution in [0.25, 0.3) is 0 Å². The van der Waals surface area contributed by atoms with E-state index < -0.39 is 10.0 Å². The van der Waals surface area contributed by atoms with Gasteiger partial charge in [0.25, 0.3) is 15.9 Å². The largest absolute Gasteiger partial charge is 0.484 e. The van der Waals surface area contributed by atoms with Crippen LogP contribution in [-0.2, 0) is 27.8 Å². The molecule has 30 heavy (non-hydrogen) atoms. The molecular weight excluding hydrogens is 444 g/mol. The fourth-order valence-corrected chi connectivity index (χ4v) is 5.92. The van der Waals surface area contributed by atoms with Crippen LogP contribution in [0.3, 0.4) is 0 Å². The number of amides is 1. The molecule has 156 valence electrons. The van der Waals surface area contributed by atoms with E-state index in [1.54, 1.807) is 41.8 Å². The van der Waals surface area contributed by atoms with E-state index in [-0.39, 0.29) is 19.1 Å². The Hall–Kier alpha value is -2.39. The molecule has 0 fully saturated rings. The summed E-state index contributed by atoms with van der Waals surface area (Å²) in [6.45, 7) is 0.575. The molecule has 0 radical (unpaired) electrons. The second-order valence-electron chi connectivity index (χ2n) is 6.79. The van der Waals surface area contributed by atoms with Gasteiger partial charge in [-0.2, -0.15) is 4.31 Å². The van der Waals surface area contributed by atoms with Crippen LogP contribution in [0, 0.1) is 0 Å². The third-order valence-corrected chi connectivity index (χ3v) is 8.21. The zero-order valence-electron chi connectivity index (χ0n) is 15.9. The highest BCUT2D eigenvalue weighted by Gasteiger charge is 2.29. The molecule has 1 aliphatic rings. The summed E-state index contributed by atoms with van der Waals surface area (Å²) in [4.78, 5) is 12.2. The average Bonchev–Trinajstić information content (AvgIpc) is 3.29. The highest BCUT2D eigenvalue weighted by atomic mass is 35.5. The smallest absolute Gasteiger partial charge is 0.262 e. The van der Waals surface area contributed by atoms with Gasteiger partial charge in [-0.1, -0.05) is 23.7 Å². The molecule has 0 atom stereocenters. The third-order valence-electron chi connectivity index (χ3n) is 4.74. The molecule has 0 spiro atoms. The molecule has 1 N–H and O–H groups in total. The van der Waals surface area contributed by atoms with E-state index in [4.69, 9.17) is 16.3 Å². The molecule has 2 heterocycles. The van der Waals surface area contributed by atoms with E-state index in [9.17, 15) is 13.2 Å². The number of sulfonamides is 1. The molecule has 0 aliphatic carbocycles. The lowest BCUT2D eigenvalue weighted by Crippen LogP contribution is -2.35. The van der Waals surface area contributed by atoms with Crippen LogP contribution in [0.5, 0.6) is 5.75 Å². The first-order valence-corrected chi connectivity index (χ1v) is 12.0. The van der Waals surface area contributed by atoms with Crippen molar-refractivity contribution >= 4 is 44.6 Å². The first-order chi connectivity index (χ1) is 14.4. The van der Waals surface area contributed by atoms with Gasteiger partial charge in [0.05, 0.1) is 0 Å². The van der Waals surface area contributed by atoms with Gasteiger partial charge in [-0.25, -0.2) is 8.42 Å². The van der Waals surface area contributed by atoms with Crippen molar-refractivity contribution in [2.45, 2.75) is 17.2 Å². The molecule has 6 nitrogen and oxygen atoms in total. The standard InChI is InChI=1S/C21H19ClN2O4S2/c22-17-4-7-19(8-5-17)28-14-20(25)23-18-6-3-15-9-10-24(13-16(15)12-18)30(26,27)21-2-1-11-29-21/h1-8,11-12H,9-10,13-14H2,(H,23,25). The molecule has 0 saturated carbocycles. The summed E-state index contributed by atoms with van der Waals surface area (Å²) in [6, 6.07) is 15.7. The topological polar surface area (TPSA) is 75.7 Å². The first-order valence-electron chi connectivity index (χ1n) is 9.25. The Balaban J connectivity index is 1.41. The monoisotopic (exact) mass is 462 g/mol. The maximum Gasteiger partial charge on any atom is 0.262 e. The van der Waals surface area contributed by atoms with Gasteiger partial charge in [0.1, 0.15) is 9.96 Å². The van der Waals surface area contributed by atoms with Crippen LogP contribution in [-0.4, -0.2) is 31.8 Å². The summed E-state index contributed by atoms with van der Waals surface area (Å²) in [5.74, 6) is 0.248. The highest BCUT2D eigenvalue weighted by molar-refractivity contribution is 7.91. The number of nitrogens with one attached hydrogen (secondary N) is 1. The van der Waals surface area contributed by atoms with Crippen molar-refractivity contribution in [3.05, 3.63) is 76.1 Å². The van der Waals surface area contributed by atoms with Gasteiger partial charge in [0.15, 0.2) is 6.61 Å². The number of halogens is 1. The van der Waals surface area contributed by atoms with Crippen molar-refractivity contribution < 1.29 is 17.9 Å². The Labute approximate surface area is 184 Å². The number of benzene rings is 2. The lowest BCUT2D eigenvalue weighted by Gasteiger charge is -2.28. The average molecular weight is 463 g/mol. The van der Waals surface area contributed by atoms with Crippen LogP contribution in [0.1, 0.15) is 11.1 Å². The Morgan fingerprint density at radius 2 is 1.93 bits per heavy atom. The predicted molar refractivity (Wildman–Crippen MR) is 118 cm³/mol. The molecule has 0 unspecified atom stereocenters. The number of hydrogen-bond acceptors (Lipinski definition) is 5. The van der Waals surface area contributed by atoms with Crippen molar-refractivity contribution in [1.82, 2.24) is 4.31 Å². The van der Waals surface area contributed by atoms with Crippen LogP contribution in [0.15, 0.2) is 64.2 Å². The van der Waals surface area contributed by atoms with Gasteiger partial charge >= 0.3 is 0 Å². The van der Waals surface area contributed by atoms with E-state index in [1.165, 1.54) is 15.6 Å². The first kappa shape index (κ1) is 20.9. The number of rotatable bonds is 6. The predicted octanol–water partition coefficient (Wildman–Crippen LogP) is 4.17. The molecule has 3 aromatic rings. The molecule has 9 heteroatoms. The van der Waals surface area contributed by atoms with Crippen LogP contribution in [0.2, 0.25) is 5.02 Å². The summed E-state index contributed by atoms with van der Waals surface area (Å²) >= 11 is 7.04. The minimum Gasteiger partial charge on any atom is -0.484 e. The summed E-state index contributed by atoms with van der Waals surface area (Å²) < 4.78 is 32.9. The summed E-state index contributed by atoms with van der Waals surface area (Å²) in [5, 5.41) is 5.15. The van der Waals surface area contributed by atoms with E-state index in [0.29, 0.717) is 33.6 Å². The minimum absolute atomic E-state index is 0.141. The summed E-state index contributed by atoms with van der Waals surface area (Å²) in [7, 11) is -3.50. The van der Waals surface area contributed by atoms with E-state index in [0.717, 1.165) is 11.1 Å². The highest BCUT2D eigenvalue weighted by Crippen LogP contribution is 2.28. The number of carbonyl (C=O) groups excluding carboxylic acids is 1. The molecule has 1 amide bonds. The number of nitrogens with zero attached hydrogens (tertiary/aromatic N) is 1. The van der Waals surface area contributed by atoms with Crippen molar-refractivity contribution in [1.29, 1.82) is 0 Å². The van der Waals surface area contributed by atoms with Crippen molar-refractivity contribution in [2.24, 2.45) is 0 Å². The van der Waals surface area contributed by atoms with Gasteiger partial charge in [0, 0.05) is 23.8 Å². The number of fused-ring (bicyclic) bond motifs is 1. The Bertz CT molecular complexity index is 1150. The van der Waals surface area contributed by atoms with Crippen LogP contribution >= 0.6 is 22.9 Å². The number of hydrogen-bond donors (Lipinski definition) is 1. The zero-order chi connectivity index (χ0) is 21.1. The number of anilines is 1. The minimum atomic E-state index is -3.50. The Morgan fingerprint density at radius 3 is 2.67 bits per heavy atom. The Kier molecular flexibility index (Phi) is 6.10. The maximum absolute atomic E-state index is 12.8.